The van der Waals surface area contributed by atoms with Gasteiger partial charge in [-0.25, -0.2) is 13.1 Å². The summed E-state index contributed by atoms with van der Waals surface area (Å²) in [4.78, 5) is 11.7. The molecule has 1 aromatic carbocycles. The van der Waals surface area contributed by atoms with Gasteiger partial charge < -0.3 is 15.4 Å². The van der Waals surface area contributed by atoms with Gasteiger partial charge in [0.15, 0.2) is 0 Å². The maximum Gasteiger partial charge on any atom is 0.251 e. The number of piperidine rings is 1. The Morgan fingerprint density at radius 1 is 1.25 bits per heavy atom. The van der Waals surface area contributed by atoms with Crippen molar-refractivity contribution in [2.45, 2.75) is 17.7 Å². The molecular formula is C16H25N3O4S. The van der Waals surface area contributed by atoms with Crippen LogP contribution in [-0.2, 0) is 14.8 Å². The van der Waals surface area contributed by atoms with Crippen LogP contribution in [0.5, 0.6) is 0 Å². The van der Waals surface area contributed by atoms with Gasteiger partial charge in [-0.1, -0.05) is 0 Å². The first-order valence-corrected chi connectivity index (χ1v) is 9.42. The zero-order chi connectivity index (χ0) is 17.6. The molecule has 7 nitrogen and oxygen atoms in total. The molecule has 0 atom stereocenters. The standard InChI is InChI=1S/C16H25N3O4S/c1-17-15(20)13-3-5-14(6-4-13)24(21,22)19-11-16(12-23-2)7-9-18-10-8-16/h3-6,18-19H,7-12H2,1-2H3,(H,17,20). The van der Waals surface area contributed by atoms with E-state index in [0.717, 1.165) is 25.9 Å². The lowest BCUT2D eigenvalue weighted by atomic mass is 9.80. The summed E-state index contributed by atoms with van der Waals surface area (Å²) in [7, 11) is -0.458. The van der Waals surface area contributed by atoms with Crippen LogP contribution < -0.4 is 15.4 Å². The predicted octanol–water partition coefficient (Wildman–Crippen LogP) is 0.341. The molecule has 0 aromatic heterocycles. The molecule has 1 heterocycles. The highest BCUT2D eigenvalue weighted by atomic mass is 32.2. The van der Waals surface area contributed by atoms with Crippen LogP contribution in [-0.4, -0.2) is 54.7 Å². The zero-order valence-electron chi connectivity index (χ0n) is 14.1. The Morgan fingerprint density at radius 3 is 2.42 bits per heavy atom. The highest BCUT2D eigenvalue weighted by molar-refractivity contribution is 7.89. The number of sulfonamides is 1. The molecular weight excluding hydrogens is 330 g/mol. The van der Waals surface area contributed by atoms with Crippen molar-refractivity contribution in [1.82, 2.24) is 15.4 Å². The van der Waals surface area contributed by atoms with Crippen LogP contribution in [0.25, 0.3) is 0 Å². The number of methoxy groups -OCH3 is 1. The first-order chi connectivity index (χ1) is 11.4. The molecule has 8 heteroatoms. The summed E-state index contributed by atoms with van der Waals surface area (Å²) in [6.07, 6.45) is 1.72. The van der Waals surface area contributed by atoms with Crippen LogP contribution in [0.2, 0.25) is 0 Å². The molecule has 0 unspecified atom stereocenters. The van der Waals surface area contributed by atoms with Gasteiger partial charge in [0.1, 0.15) is 0 Å². The van der Waals surface area contributed by atoms with E-state index in [1.807, 2.05) is 0 Å². The molecule has 0 saturated carbocycles. The van der Waals surface area contributed by atoms with Crippen molar-refractivity contribution in [3.05, 3.63) is 29.8 Å². The second-order valence-electron chi connectivity index (χ2n) is 6.11. The van der Waals surface area contributed by atoms with Gasteiger partial charge in [-0.2, -0.15) is 0 Å². The molecule has 1 saturated heterocycles. The van der Waals surface area contributed by atoms with Gasteiger partial charge in [0, 0.05) is 31.7 Å². The highest BCUT2D eigenvalue weighted by Gasteiger charge is 2.33. The summed E-state index contributed by atoms with van der Waals surface area (Å²) in [6.45, 7) is 2.56. The largest absolute Gasteiger partial charge is 0.384 e. The van der Waals surface area contributed by atoms with Crippen molar-refractivity contribution in [2.75, 3.05) is 40.4 Å². The Balaban J connectivity index is 2.08. The van der Waals surface area contributed by atoms with Crippen molar-refractivity contribution in [3.8, 4) is 0 Å². The molecule has 2 rings (SSSR count). The minimum Gasteiger partial charge on any atom is -0.384 e. The predicted molar refractivity (Wildman–Crippen MR) is 91.4 cm³/mol. The van der Waals surface area contributed by atoms with Gasteiger partial charge in [0.05, 0.1) is 11.5 Å². The van der Waals surface area contributed by atoms with Gasteiger partial charge >= 0.3 is 0 Å². The molecule has 1 aliphatic rings. The first-order valence-electron chi connectivity index (χ1n) is 7.94. The Labute approximate surface area is 143 Å². The van der Waals surface area contributed by atoms with E-state index in [2.05, 4.69) is 15.4 Å². The molecule has 1 fully saturated rings. The van der Waals surface area contributed by atoms with E-state index in [1.165, 1.54) is 31.3 Å². The van der Waals surface area contributed by atoms with Gasteiger partial charge in [-0.15, -0.1) is 0 Å². The minimum atomic E-state index is -3.62. The van der Waals surface area contributed by atoms with E-state index >= 15 is 0 Å². The SMILES string of the molecule is CNC(=O)c1ccc(S(=O)(=O)NCC2(COC)CCNCC2)cc1. The van der Waals surface area contributed by atoms with Crippen LogP contribution >= 0.6 is 0 Å². The number of benzene rings is 1. The average Bonchev–Trinajstić information content (AvgIpc) is 2.61. The van der Waals surface area contributed by atoms with Crippen LogP contribution in [0.3, 0.4) is 0 Å². The van der Waals surface area contributed by atoms with Crippen LogP contribution in [0.1, 0.15) is 23.2 Å². The molecule has 1 amide bonds. The fourth-order valence-corrected chi connectivity index (χ4v) is 4.05. The molecule has 0 aliphatic carbocycles. The van der Waals surface area contributed by atoms with Crippen molar-refractivity contribution in [2.24, 2.45) is 5.41 Å². The molecule has 24 heavy (non-hydrogen) atoms. The number of carbonyl (C=O) groups excluding carboxylic acids is 1. The zero-order valence-corrected chi connectivity index (χ0v) is 14.9. The normalized spacial score (nSPS) is 17.4. The fraction of sp³-hybridized carbons (Fsp3) is 0.562. The lowest BCUT2D eigenvalue weighted by Gasteiger charge is -2.37. The monoisotopic (exact) mass is 355 g/mol. The molecule has 0 bridgehead atoms. The number of hydrogen-bond acceptors (Lipinski definition) is 5. The van der Waals surface area contributed by atoms with Gasteiger partial charge in [-0.05, 0) is 50.2 Å². The first kappa shape index (κ1) is 18.9. The third kappa shape index (κ3) is 4.54. The van der Waals surface area contributed by atoms with Gasteiger partial charge in [0.25, 0.3) is 5.91 Å². The molecule has 134 valence electrons. The molecule has 3 N–H and O–H groups in total. The quantitative estimate of drug-likeness (QED) is 0.655. The van der Waals surface area contributed by atoms with Crippen LogP contribution in [0.4, 0.5) is 0 Å². The van der Waals surface area contributed by atoms with Crippen LogP contribution in [0, 0.1) is 5.41 Å². The number of amides is 1. The Morgan fingerprint density at radius 2 is 1.88 bits per heavy atom. The third-order valence-electron chi connectivity index (χ3n) is 4.41. The van der Waals surface area contributed by atoms with Crippen molar-refractivity contribution in [3.63, 3.8) is 0 Å². The molecule has 0 radical (unpaired) electrons. The Kier molecular flexibility index (Phi) is 6.34. The number of hydrogen-bond donors (Lipinski definition) is 3. The van der Waals surface area contributed by atoms with Gasteiger partial charge in [0.2, 0.25) is 10.0 Å². The lowest BCUT2D eigenvalue weighted by Crippen LogP contribution is -2.47. The smallest absolute Gasteiger partial charge is 0.251 e. The number of carbonyl (C=O) groups is 1. The Bertz CT molecular complexity index is 647. The van der Waals surface area contributed by atoms with E-state index in [0.29, 0.717) is 18.7 Å². The van der Waals surface area contributed by atoms with Crippen molar-refractivity contribution < 1.29 is 17.9 Å². The van der Waals surface area contributed by atoms with E-state index in [9.17, 15) is 13.2 Å². The minimum absolute atomic E-state index is 0.150. The van der Waals surface area contributed by atoms with Crippen molar-refractivity contribution >= 4 is 15.9 Å². The number of nitrogens with one attached hydrogen (secondary N) is 3. The number of rotatable bonds is 7. The summed E-state index contributed by atoms with van der Waals surface area (Å²) in [6, 6.07) is 5.89. The topological polar surface area (TPSA) is 96.5 Å². The van der Waals surface area contributed by atoms with E-state index < -0.39 is 10.0 Å². The van der Waals surface area contributed by atoms with E-state index in [4.69, 9.17) is 4.74 Å². The summed E-state index contributed by atoms with van der Waals surface area (Å²) < 4.78 is 33.0. The maximum absolute atomic E-state index is 12.5. The fourth-order valence-electron chi connectivity index (χ4n) is 2.90. The lowest BCUT2D eigenvalue weighted by molar-refractivity contribution is 0.0577. The number of ether oxygens (including phenoxy) is 1. The van der Waals surface area contributed by atoms with E-state index in [1.54, 1.807) is 7.11 Å². The molecule has 1 aliphatic heterocycles. The maximum atomic E-state index is 12.5. The summed E-state index contributed by atoms with van der Waals surface area (Å²) in [5.74, 6) is -0.249. The summed E-state index contributed by atoms with van der Waals surface area (Å²) in [5.41, 5.74) is 0.236. The van der Waals surface area contributed by atoms with Crippen molar-refractivity contribution in [1.29, 1.82) is 0 Å². The van der Waals surface area contributed by atoms with E-state index in [-0.39, 0.29) is 16.2 Å². The summed E-state index contributed by atoms with van der Waals surface area (Å²) in [5, 5.41) is 5.78. The second-order valence-corrected chi connectivity index (χ2v) is 7.88. The Hall–Kier alpha value is -1.48. The molecule has 1 aromatic rings. The average molecular weight is 355 g/mol. The highest BCUT2D eigenvalue weighted by Crippen LogP contribution is 2.28. The summed E-state index contributed by atoms with van der Waals surface area (Å²) >= 11 is 0. The van der Waals surface area contributed by atoms with Gasteiger partial charge in [-0.3, -0.25) is 4.79 Å². The second kappa shape index (κ2) is 8.06. The third-order valence-corrected chi connectivity index (χ3v) is 5.82. The van der Waals surface area contributed by atoms with Crippen LogP contribution in [0.15, 0.2) is 29.2 Å². The molecule has 0 spiro atoms.